The standard InChI is InChI=1S/C13H14O3/c14-8-10-6-11(7-10)9-16-13(15)12-4-2-1-3-5-12/h1-5,8,10-11H,6-7,9H2. The second-order valence-corrected chi connectivity index (χ2v) is 4.20. The Morgan fingerprint density at radius 3 is 2.62 bits per heavy atom. The van der Waals surface area contributed by atoms with Crippen molar-refractivity contribution in [3.05, 3.63) is 35.9 Å². The molecule has 3 heteroatoms. The van der Waals surface area contributed by atoms with Gasteiger partial charge in [0, 0.05) is 5.92 Å². The first kappa shape index (κ1) is 10.9. The molecule has 16 heavy (non-hydrogen) atoms. The zero-order chi connectivity index (χ0) is 11.4. The Balaban J connectivity index is 1.75. The summed E-state index contributed by atoms with van der Waals surface area (Å²) in [7, 11) is 0. The van der Waals surface area contributed by atoms with Crippen LogP contribution in [0.4, 0.5) is 0 Å². The van der Waals surface area contributed by atoms with Gasteiger partial charge in [0.1, 0.15) is 6.29 Å². The number of aldehydes is 1. The van der Waals surface area contributed by atoms with Gasteiger partial charge >= 0.3 is 5.97 Å². The van der Waals surface area contributed by atoms with Crippen LogP contribution in [0.5, 0.6) is 0 Å². The maximum atomic E-state index is 11.5. The summed E-state index contributed by atoms with van der Waals surface area (Å²) in [5, 5.41) is 0. The van der Waals surface area contributed by atoms with E-state index < -0.39 is 0 Å². The van der Waals surface area contributed by atoms with E-state index in [1.54, 1.807) is 12.1 Å². The highest BCUT2D eigenvalue weighted by Gasteiger charge is 2.29. The molecule has 1 aromatic carbocycles. The van der Waals surface area contributed by atoms with E-state index in [1.165, 1.54) is 0 Å². The van der Waals surface area contributed by atoms with Crippen LogP contribution in [0, 0.1) is 11.8 Å². The Bertz CT molecular complexity index is 366. The highest BCUT2D eigenvalue weighted by Crippen LogP contribution is 2.32. The number of hydrogen-bond acceptors (Lipinski definition) is 3. The van der Waals surface area contributed by atoms with Gasteiger partial charge in [0.2, 0.25) is 0 Å². The van der Waals surface area contributed by atoms with Gasteiger partial charge in [-0.1, -0.05) is 18.2 Å². The minimum absolute atomic E-state index is 0.181. The number of esters is 1. The number of hydrogen-bond donors (Lipinski definition) is 0. The largest absolute Gasteiger partial charge is 0.462 e. The molecule has 1 fully saturated rings. The lowest BCUT2D eigenvalue weighted by Gasteiger charge is -2.30. The lowest BCUT2D eigenvalue weighted by Crippen LogP contribution is -2.29. The fraction of sp³-hybridized carbons (Fsp3) is 0.385. The molecule has 0 spiro atoms. The summed E-state index contributed by atoms with van der Waals surface area (Å²) in [5.74, 6) is 0.262. The molecule has 1 saturated carbocycles. The van der Waals surface area contributed by atoms with Crippen molar-refractivity contribution in [1.29, 1.82) is 0 Å². The molecule has 0 bridgehead atoms. The van der Waals surface area contributed by atoms with Crippen LogP contribution in [-0.2, 0) is 9.53 Å². The SMILES string of the molecule is O=CC1CC(COC(=O)c2ccccc2)C1. The van der Waals surface area contributed by atoms with E-state index in [0.717, 1.165) is 19.1 Å². The van der Waals surface area contributed by atoms with E-state index in [4.69, 9.17) is 4.74 Å². The Kier molecular flexibility index (Phi) is 3.34. The first-order chi connectivity index (χ1) is 7.79. The molecule has 0 atom stereocenters. The van der Waals surface area contributed by atoms with Crippen molar-refractivity contribution < 1.29 is 14.3 Å². The van der Waals surface area contributed by atoms with Crippen molar-refractivity contribution in [2.75, 3.05) is 6.61 Å². The number of benzene rings is 1. The van der Waals surface area contributed by atoms with Crippen molar-refractivity contribution in [3.8, 4) is 0 Å². The van der Waals surface area contributed by atoms with Crippen molar-refractivity contribution in [3.63, 3.8) is 0 Å². The summed E-state index contributed by atoms with van der Waals surface area (Å²) >= 11 is 0. The first-order valence-electron chi connectivity index (χ1n) is 5.47. The first-order valence-corrected chi connectivity index (χ1v) is 5.47. The third kappa shape index (κ3) is 2.48. The molecule has 0 aromatic heterocycles. The molecule has 1 aromatic rings. The molecule has 0 aliphatic heterocycles. The molecule has 0 unspecified atom stereocenters. The summed E-state index contributed by atoms with van der Waals surface area (Å²) in [4.78, 5) is 21.9. The predicted molar refractivity (Wildman–Crippen MR) is 59.0 cm³/mol. The Hall–Kier alpha value is -1.64. The monoisotopic (exact) mass is 218 g/mol. The van der Waals surface area contributed by atoms with Gasteiger partial charge in [0.05, 0.1) is 12.2 Å². The number of carbonyl (C=O) groups excluding carboxylic acids is 2. The van der Waals surface area contributed by atoms with Crippen LogP contribution < -0.4 is 0 Å². The normalized spacial score (nSPS) is 23.2. The fourth-order valence-electron chi connectivity index (χ4n) is 1.89. The van der Waals surface area contributed by atoms with Gasteiger partial charge in [-0.3, -0.25) is 0 Å². The van der Waals surface area contributed by atoms with Gasteiger partial charge in [-0.05, 0) is 30.9 Å². The van der Waals surface area contributed by atoms with Gasteiger partial charge in [0.15, 0.2) is 0 Å². The van der Waals surface area contributed by atoms with E-state index in [1.807, 2.05) is 18.2 Å². The number of rotatable bonds is 4. The zero-order valence-corrected chi connectivity index (χ0v) is 8.96. The molecule has 0 amide bonds. The minimum Gasteiger partial charge on any atom is -0.462 e. The van der Waals surface area contributed by atoms with Gasteiger partial charge in [0.25, 0.3) is 0 Å². The maximum absolute atomic E-state index is 11.5. The molecule has 84 valence electrons. The smallest absolute Gasteiger partial charge is 0.338 e. The predicted octanol–water partition coefficient (Wildman–Crippen LogP) is 2.07. The average Bonchev–Trinajstić information content (AvgIpc) is 2.28. The maximum Gasteiger partial charge on any atom is 0.338 e. The van der Waals surface area contributed by atoms with Crippen molar-refractivity contribution in [2.24, 2.45) is 11.8 Å². The second kappa shape index (κ2) is 4.92. The molecular weight excluding hydrogens is 204 g/mol. The molecule has 0 saturated heterocycles. The van der Waals surface area contributed by atoms with Crippen LogP contribution in [0.1, 0.15) is 23.2 Å². The molecule has 1 aliphatic carbocycles. The summed E-state index contributed by atoms with van der Waals surface area (Å²) in [5.41, 5.74) is 0.578. The van der Waals surface area contributed by atoms with E-state index in [-0.39, 0.29) is 11.9 Å². The van der Waals surface area contributed by atoms with E-state index in [9.17, 15) is 9.59 Å². The van der Waals surface area contributed by atoms with E-state index in [0.29, 0.717) is 18.1 Å². The van der Waals surface area contributed by atoms with E-state index in [2.05, 4.69) is 0 Å². The number of carbonyl (C=O) groups is 2. The van der Waals surface area contributed by atoms with Crippen LogP contribution in [0.25, 0.3) is 0 Å². The molecular formula is C13H14O3. The summed E-state index contributed by atoms with van der Waals surface area (Å²) in [6, 6.07) is 8.94. The lowest BCUT2D eigenvalue weighted by molar-refractivity contribution is -0.115. The van der Waals surface area contributed by atoms with E-state index >= 15 is 0 Å². The zero-order valence-electron chi connectivity index (χ0n) is 8.96. The second-order valence-electron chi connectivity index (χ2n) is 4.20. The minimum atomic E-state index is -0.282. The highest BCUT2D eigenvalue weighted by molar-refractivity contribution is 5.89. The highest BCUT2D eigenvalue weighted by atomic mass is 16.5. The molecule has 2 rings (SSSR count). The average molecular weight is 218 g/mol. The van der Waals surface area contributed by atoms with Crippen molar-refractivity contribution in [1.82, 2.24) is 0 Å². The van der Waals surface area contributed by atoms with Gasteiger partial charge in [-0.15, -0.1) is 0 Å². The quantitative estimate of drug-likeness (QED) is 0.574. The van der Waals surface area contributed by atoms with Crippen LogP contribution in [0.15, 0.2) is 30.3 Å². The van der Waals surface area contributed by atoms with Gasteiger partial charge in [-0.25, -0.2) is 4.79 Å². The lowest BCUT2D eigenvalue weighted by atomic mass is 9.76. The molecule has 0 radical (unpaired) electrons. The summed E-state index contributed by atoms with van der Waals surface area (Å²) in [6.07, 6.45) is 2.69. The van der Waals surface area contributed by atoms with Crippen molar-refractivity contribution >= 4 is 12.3 Å². The fourth-order valence-corrected chi connectivity index (χ4v) is 1.89. The Labute approximate surface area is 94.4 Å². The van der Waals surface area contributed by atoms with Crippen molar-refractivity contribution in [2.45, 2.75) is 12.8 Å². The van der Waals surface area contributed by atoms with Crippen LogP contribution >= 0.6 is 0 Å². The molecule has 0 heterocycles. The third-order valence-electron chi connectivity index (χ3n) is 2.92. The van der Waals surface area contributed by atoms with Crippen LogP contribution in [0.3, 0.4) is 0 Å². The van der Waals surface area contributed by atoms with Crippen LogP contribution in [0.2, 0.25) is 0 Å². The summed E-state index contributed by atoms with van der Waals surface area (Å²) in [6.45, 7) is 0.429. The van der Waals surface area contributed by atoms with Gasteiger partial charge < -0.3 is 9.53 Å². The molecule has 3 nitrogen and oxygen atoms in total. The Morgan fingerprint density at radius 1 is 1.31 bits per heavy atom. The topological polar surface area (TPSA) is 43.4 Å². The number of ether oxygens (including phenoxy) is 1. The Morgan fingerprint density at radius 2 is 2.00 bits per heavy atom. The van der Waals surface area contributed by atoms with Gasteiger partial charge in [-0.2, -0.15) is 0 Å². The van der Waals surface area contributed by atoms with Crippen LogP contribution in [-0.4, -0.2) is 18.9 Å². The third-order valence-corrected chi connectivity index (χ3v) is 2.92. The molecule has 1 aliphatic rings. The molecule has 0 N–H and O–H groups in total. The summed E-state index contributed by atoms with van der Waals surface area (Å²) < 4.78 is 5.17.